The summed E-state index contributed by atoms with van der Waals surface area (Å²) in [7, 11) is 0. The lowest BCUT2D eigenvalue weighted by Crippen LogP contribution is -2.02. The van der Waals surface area contributed by atoms with Crippen molar-refractivity contribution in [2.24, 2.45) is 11.8 Å². The van der Waals surface area contributed by atoms with Gasteiger partial charge in [-0.05, 0) is 24.7 Å². The van der Waals surface area contributed by atoms with Crippen molar-refractivity contribution in [2.75, 3.05) is 37.9 Å². The molecule has 0 saturated heterocycles. The topological polar surface area (TPSA) is 124 Å². The Kier molecular flexibility index (Phi) is 36.5. The summed E-state index contributed by atoms with van der Waals surface area (Å²) in [4.78, 5) is 18.6. The number of ether oxygens (including phenoxy) is 1. The van der Waals surface area contributed by atoms with E-state index in [9.17, 15) is 9.59 Å². The van der Waals surface area contributed by atoms with Crippen molar-refractivity contribution in [1.82, 2.24) is 0 Å². The first-order valence-corrected chi connectivity index (χ1v) is 9.30. The zero-order valence-corrected chi connectivity index (χ0v) is 17.5. The summed E-state index contributed by atoms with van der Waals surface area (Å²) in [5, 5.41) is 30.5. The van der Waals surface area contributed by atoms with E-state index in [0.717, 1.165) is 25.0 Å². The number of aliphatic hydroxyl groups is 2. The standard InChI is InChI=1S/C10H22O.2C2H4O2S.C2H6O2/c1-9(2)5-7-11-8-6-10(3)4;2*3-2(4)1-5;3-1-2-4/h9-10H,5-8H2,1-4H3;2*5H,1H2,(H,3,4);3-4H,1-2H2. The van der Waals surface area contributed by atoms with Gasteiger partial charge >= 0.3 is 11.9 Å². The SMILES string of the molecule is CC(C)CCOCCC(C)C.O=C(O)CS.O=C(O)CS.OCCO. The molecule has 0 amide bonds. The molecule has 4 N–H and O–H groups in total. The molecule has 0 fully saturated rings. The van der Waals surface area contributed by atoms with Crippen molar-refractivity contribution in [3.05, 3.63) is 0 Å². The second-order valence-electron chi connectivity index (χ2n) is 5.53. The lowest BCUT2D eigenvalue weighted by atomic mass is 10.1. The molecule has 9 heteroatoms. The molecule has 0 spiro atoms. The van der Waals surface area contributed by atoms with E-state index in [2.05, 4.69) is 53.0 Å². The Morgan fingerprint density at radius 3 is 1.16 bits per heavy atom. The van der Waals surface area contributed by atoms with Crippen molar-refractivity contribution in [3.63, 3.8) is 0 Å². The smallest absolute Gasteiger partial charge is 0.313 e. The average molecular weight is 405 g/mol. The van der Waals surface area contributed by atoms with E-state index in [0.29, 0.717) is 0 Å². The van der Waals surface area contributed by atoms with Gasteiger partial charge in [-0.25, -0.2) is 0 Å². The Labute approximate surface area is 162 Å². The summed E-state index contributed by atoms with van der Waals surface area (Å²) in [5.74, 6) is -0.384. The fourth-order valence-corrected chi connectivity index (χ4v) is 0.740. The van der Waals surface area contributed by atoms with Gasteiger partial charge in [0.15, 0.2) is 0 Å². The van der Waals surface area contributed by atoms with E-state index in [-0.39, 0.29) is 24.7 Å². The minimum atomic E-state index is -0.881. The van der Waals surface area contributed by atoms with Crippen LogP contribution in [-0.4, -0.2) is 70.3 Å². The predicted molar refractivity (Wildman–Crippen MR) is 107 cm³/mol. The number of carbonyl (C=O) groups is 2. The molecule has 0 aliphatic heterocycles. The molecule has 154 valence electrons. The van der Waals surface area contributed by atoms with Crippen molar-refractivity contribution in [3.8, 4) is 0 Å². The van der Waals surface area contributed by atoms with Gasteiger partial charge in [-0.2, -0.15) is 25.3 Å². The van der Waals surface area contributed by atoms with Crippen molar-refractivity contribution >= 4 is 37.2 Å². The lowest BCUT2D eigenvalue weighted by molar-refractivity contribution is -0.134. The maximum atomic E-state index is 9.29. The first-order chi connectivity index (χ1) is 11.6. The van der Waals surface area contributed by atoms with Gasteiger partial charge < -0.3 is 25.2 Å². The summed E-state index contributed by atoms with van der Waals surface area (Å²) in [6.45, 7) is 10.5. The van der Waals surface area contributed by atoms with Gasteiger partial charge in [0.05, 0.1) is 24.7 Å². The van der Waals surface area contributed by atoms with Crippen LogP contribution in [0, 0.1) is 11.8 Å². The van der Waals surface area contributed by atoms with E-state index in [4.69, 9.17) is 25.2 Å². The first-order valence-electron chi connectivity index (χ1n) is 8.03. The van der Waals surface area contributed by atoms with Crippen LogP contribution in [0.15, 0.2) is 0 Å². The van der Waals surface area contributed by atoms with Gasteiger partial charge in [0.2, 0.25) is 0 Å². The Balaban J connectivity index is -0.000000132. The zero-order valence-electron chi connectivity index (χ0n) is 15.7. The Morgan fingerprint density at radius 2 is 1.04 bits per heavy atom. The Bertz CT molecular complexity index is 249. The van der Waals surface area contributed by atoms with Crippen LogP contribution in [0.4, 0.5) is 0 Å². The maximum Gasteiger partial charge on any atom is 0.313 e. The molecule has 7 nitrogen and oxygen atoms in total. The van der Waals surface area contributed by atoms with Crippen LogP contribution in [0.3, 0.4) is 0 Å². The van der Waals surface area contributed by atoms with Crippen LogP contribution in [0.25, 0.3) is 0 Å². The molecule has 25 heavy (non-hydrogen) atoms. The minimum Gasteiger partial charge on any atom is -0.481 e. The van der Waals surface area contributed by atoms with Crippen LogP contribution < -0.4 is 0 Å². The number of aliphatic hydroxyl groups excluding tert-OH is 2. The van der Waals surface area contributed by atoms with Crippen LogP contribution >= 0.6 is 25.3 Å². The fourth-order valence-electron chi connectivity index (χ4n) is 0.740. The molecule has 0 radical (unpaired) electrons. The molecule has 0 aromatic heterocycles. The van der Waals surface area contributed by atoms with E-state index in [1.54, 1.807) is 0 Å². The summed E-state index contributed by atoms with van der Waals surface area (Å²) in [5.41, 5.74) is 0. The normalized spacial score (nSPS) is 9.20. The van der Waals surface area contributed by atoms with Gasteiger partial charge in [-0.3, -0.25) is 9.59 Å². The molecule has 0 unspecified atom stereocenters. The molecular formula is C16H36O7S2. The average Bonchev–Trinajstić information content (AvgIpc) is 2.55. The highest BCUT2D eigenvalue weighted by molar-refractivity contribution is 7.81. The number of hydrogen-bond donors (Lipinski definition) is 6. The van der Waals surface area contributed by atoms with E-state index < -0.39 is 11.9 Å². The molecule has 0 aliphatic rings. The van der Waals surface area contributed by atoms with Gasteiger partial charge in [-0.1, -0.05) is 27.7 Å². The van der Waals surface area contributed by atoms with Gasteiger partial charge in [-0.15, -0.1) is 0 Å². The third-order valence-corrected chi connectivity index (χ3v) is 2.59. The minimum absolute atomic E-state index is 0.0833. The molecule has 0 saturated carbocycles. The van der Waals surface area contributed by atoms with E-state index >= 15 is 0 Å². The van der Waals surface area contributed by atoms with Crippen LogP contribution in [0.2, 0.25) is 0 Å². The Hall–Kier alpha value is -0.480. The molecular weight excluding hydrogens is 368 g/mol. The van der Waals surface area contributed by atoms with Crippen molar-refractivity contribution in [2.45, 2.75) is 40.5 Å². The number of carboxylic acid groups (broad SMARTS) is 2. The molecule has 0 aliphatic carbocycles. The van der Waals surface area contributed by atoms with Crippen LogP contribution in [-0.2, 0) is 14.3 Å². The second kappa shape index (κ2) is 28.3. The quantitative estimate of drug-likeness (QED) is 0.257. The van der Waals surface area contributed by atoms with E-state index in [1.165, 1.54) is 12.8 Å². The molecule has 0 bridgehead atoms. The predicted octanol–water partition coefficient (Wildman–Crippen LogP) is 2.07. The number of rotatable bonds is 9. The van der Waals surface area contributed by atoms with Crippen molar-refractivity contribution < 1.29 is 34.8 Å². The Morgan fingerprint density at radius 1 is 0.800 bits per heavy atom. The third-order valence-electron chi connectivity index (χ3n) is 2.05. The number of hydrogen-bond acceptors (Lipinski definition) is 7. The number of carboxylic acids is 2. The number of thiol groups is 2. The molecule has 0 aromatic carbocycles. The summed E-state index contributed by atoms with van der Waals surface area (Å²) < 4.78 is 5.46. The fraction of sp³-hybridized carbons (Fsp3) is 0.875. The highest BCUT2D eigenvalue weighted by atomic mass is 32.1. The molecule has 0 atom stereocenters. The van der Waals surface area contributed by atoms with Crippen LogP contribution in [0.5, 0.6) is 0 Å². The maximum absolute atomic E-state index is 9.29. The monoisotopic (exact) mass is 404 g/mol. The largest absolute Gasteiger partial charge is 0.481 e. The highest BCUT2D eigenvalue weighted by Crippen LogP contribution is 2.02. The molecule has 0 heterocycles. The van der Waals surface area contributed by atoms with E-state index in [1.807, 2.05) is 0 Å². The van der Waals surface area contributed by atoms with Crippen molar-refractivity contribution in [1.29, 1.82) is 0 Å². The summed E-state index contributed by atoms with van der Waals surface area (Å²) >= 11 is 6.83. The van der Waals surface area contributed by atoms with Gasteiger partial charge in [0, 0.05) is 13.2 Å². The summed E-state index contributed by atoms with van der Waals surface area (Å²) in [6, 6.07) is 0. The molecule has 0 aromatic rings. The summed E-state index contributed by atoms with van der Waals surface area (Å²) in [6.07, 6.45) is 2.39. The van der Waals surface area contributed by atoms with Gasteiger partial charge in [0.25, 0.3) is 0 Å². The first kappa shape index (κ1) is 32.2. The zero-order chi connectivity index (χ0) is 20.7. The molecule has 0 rings (SSSR count). The lowest BCUT2D eigenvalue weighted by Gasteiger charge is -2.07. The third kappa shape index (κ3) is 69.5. The van der Waals surface area contributed by atoms with Crippen LogP contribution in [0.1, 0.15) is 40.5 Å². The number of aliphatic carboxylic acids is 2. The highest BCUT2D eigenvalue weighted by Gasteiger charge is 1.95. The van der Waals surface area contributed by atoms with Gasteiger partial charge in [0.1, 0.15) is 0 Å². The second-order valence-corrected chi connectivity index (χ2v) is 6.16.